The Morgan fingerprint density at radius 3 is 2.39 bits per heavy atom. The molecule has 1 N–H and O–H groups in total. The lowest BCUT2D eigenvalue weighted by Gasteiger charge is -2.34. The number of piperidine rings is 1. The molecule has 204 valence electrons. The number of aromatic nitrogens is 2. The molecule has 1 atom stereocenters. The molecule has 7 nitrogen and oxygen atoms in total. The van der Waals surface area contributed by atoms with Crippen molar-refractivity contribution in [2.75, 3.05) is 19.6 Å². The number of halogens is 3. The first-order valence-corrected chi connectivity index (χ1v) is 13.8. The molecule has 4 fully saturated rings. The fourth-order valence-electron chi connectivity index (χ4n) is 6.09. The van der Waals surface area contributed by atoms with Gasteiger partial charge in [0.25, 0.3) is 5.91 Å². The molecule has 0 spiro atoms. The monoisotopic (exact) mass is 529 g/mol. The number of amides is 3. The standard InChI is InChI=1S/C28H34F3N5O2/c1-27(12-13-27)33-26(38)34-15-10-19(11-16-34)36-24(18-8-9-18)21(17-32-36)25(37)35-14-4-7-23(35)20-5-2-3-6-22(20)28(29,30)31/h2-3,5-6,17-19,23H,4,7-16H2,1H3,(H,33,38). The summed E-state index contributed by atoms with van der Waals surface area (Å²) in [7, 11) is 0. The van der Waals surface area contributed by atoms with Gasteiger partial charge in [-0.2, -0.15) is 18.3 Å². The van der Waals surface area contributed by atoms with Crippen LogP contribution in [0.2, 0.25) is 0 Å². The molecule has 2 aliphatic carbocycles. The van der Waals surface area contributed by atoms with E-state index in [4.69, 9.17) is 0 Å². The van der Waals surface area contributed by atoms with Gasteiger partial charge in [0.05, 0.1) is 35.1 Å². The second-order valence-corrected chi connectivity index (χ2v) is 11.6. The Morgan fingerprint density at radius 2 is 1.74 bits per heavy atom. The van der Waals surface area contributed by atoms with Gasteiger partial charge >= 0.3 is 12.2 Å². The minimum Gasteiger partial charge on any atom is -0.333 e. The lowest BCUT2D eigenvalue weighted by atomic mass is 9.97. The number of nitrogens with one attached hydrogen (secondary N) is 1. The summed E-state index contributed by atoms with van der Waals surface area (Å²) in [6, 6.07) is 5.07. The van der Waals surface area contributed by atoms with Crippen molar-refractivity contribution in [2.45, 2.75) is 88.0 Å². The molecule has 1 aromatic heterocycles. The third kappa shape index (κ3) is 4.78. The molecule has 2 aliphatic heterocycles. The Bertz CT molecular complexity index is 1230. The molecule has 0 bridgehead atoms. The average Bonchev–Trinajstić information content (AvgIpc) is 3.76. The highest BCUT2D eigenvalue weighted by Crippen LogP contribution is 2.45. The quantitative estimate of drug-likeness (QED) is 0.544. The smallest absolute Gasteiger partial charge is 0.333 e. The summed E-state index contributed by atoms with van der Waals surface area (Å²) in [6.45, 7) is 3.75. The highest BCUT2D eigenvalue weighted by atomic mass is 19.4. The lowest BCUT2D eigenvalue weighted by Crippen LogP contribution is -2.48. The molecule has 3 amide bonds. The van der Waals surface area contributed by atoms with Gasteiger partial charge in [-0.25, -0.2) is 4.79 Å². The van der Waals surface area contributed by atoms with Gasteiger partial charge in [-0.15, -0.1) is 0 Å². The van der Waals surface area contributed by atoms with Crippen LogP contribution in [0.5, 0.6) is 0 Å². The van der Waals surface area contributed by atoms with Crippen LogP contribution in [0.4, 0.5) is 18.0 Å². The number of rotatable bonds is 5. The van der Waals surface area contributed by atoms with Gasteiger partial charge in [0.1, 0.15) is 0 Å². The van der Waals surface area contributed by atoms with Crippen LogP contribution in [0, 0.1) is 0 Å². The zero-order chi connectivity index (χ0) is 26.7. The summed E-state index contributed by atoms with van der Waals surface area (Å²) in [4.78, 5) is 30.0. The molecule has 6 rings (SSSR count). The Hall–Kier alpha value is -3.04. The summed E-state index contributed by atoms with van der Waals surface area (Å²) in [5.74, 6) is 0.0169. The summed E-state index contributed by atoms with van der Waals surface area (Å²) in [5.41, 5.74) is 0.869. The Labute approximate surface area is 220 Å². The van der Waals surface area contributed by atoms with Gasteiger partial charge in [-0.05, 0) is 69.9 Å². The summed E-state index contributed by atoms with van der Waals surface area (Å²) >= 11 is 0. The number of urea groups is 1. The van der Waals surface area contributed by atoms with Crippen LogP contribution >= 0.6 is 0 Å². The third-order valence-corrected chi connectivity index (χ3v) is 8.67. The number of benzene rings is 1. The zero-order valence-corrected chi connectivity index (χ0v) is 21.6. The third-order valence-electron chi connectivity index (χ3n) is 8.67. The van der Waals surface area contributed by atoms with E-state index < -0.39 is 17.8 Å². The fourth-order valence-corrected chi connectivity index (χ4v) is 6.09. The van der Waals surface area contributed by atoms with Gasteiger partial charge in [0.2, 0.25) is 0 Å². The van der Waals surface area contributed by atoms with Crippen LogP contribution in [0.25, 0.3) is 0 Å². The number of carbonyl (C=O) groups is 2. The number of alkyl halides is 3. The summed E-state index contributed by atoms with van der Waals surface area (Å²) in [6.07, 6.45) is 3.81. The Kier molecular flexibility index (Phi) is 6.18. The van der Waals surface area contributed by atoms with Crippen molar-refractivity contribution in [3.63, 3.8) is 0 Å². The number of nitrogens with zero attached hydrogens (tertiary/aromatic N) is 4. The first-order valence-electron chi connectivity index (χ1n) is 13.8. The molecule has 38 heavy (non-hydrogen) atoms. The maximum absolute atomic E-state index is 13.9. The van der Waals surface area contributed by atoms with E-state index in [2.05, 4.69) is 17.3 Å². The van der Waals surface area contributed by atoms with Crippen LogP contribution in [0.15, 0.2) is 30.5 Å². The number of likely N-dealkylation sites (tertiary alicyclic amines) is 2. The van der Waals surface area contributed by atoms with Gasteiger partial charge in [0, 0.05) is 31.1 Å². The molecular weight excluding hydrogens is 495 g/mol. The predicted octanol–water partition coefficient (Wildman–Crippen LogP) is 5.66. The molecule has 3 heterocycles. The molecule has 2 saturated heterocycles. The highest BCUT2D eigenvalue weighted by molar-refractivity contribution is 5.96. The molecule has 2 aromatic rings. The topological polar surface area (TPSA) is 70.5 Å². The van der Waals surface area contributed by atoms with Crippen molar-refractivity contribution in [3.05, 3.63) is 52.8 Å². The highest BCUT2D eigenvalue weighted by Gasteiger charge is 2.43. The Morgan fingerprint density at radius 1 is 1.03 bits per heavy atom. The maximum atomic E-state index is 13.9. The molecule has 1 aromatic carbocycles. The average molecular weight is 530 g/mol. The molecule has 4 aliphatic rings. The van der Waals surface area contributed by atoms with Crippen LogP contribution in [-0.4, -0.2) is 56.7 Å². The minimum absolute atomic E-state index is 0.0126. The molecule has 0 radical (unpaired) electrons. The molecule has 10 heteroatoms. The van der Waals surface area contributed by atoms with Crippen molar-refractivity contribution in [3.8, 4) is 0 Å². The van der Waals surface area contributed by atoms with E-state index in [9.17, 15) is 22.8 Å². The SMILES string of the molecule is CC1(NC(=O)N2CCC(n3ncc(C(=O)N4CCCC4c4ccccc4C(F)(F)F)c3C3CC3)CC2)CC1. The predicted molar refractivity (Wildman–Crippen MR) is 135 cm³/mol. The minimum atomic E-state index is -4.47. The Balaban J connectivity index is 1.21. The summed E-state index contributed by atoms with van der Waals surface area (Å²) < 4.78 is 43.3. The van der Waals surface area contributed by atoms with E-state index >= 15 is 0 Å². The zero-order valence-electron chi connectivity index (χ0n) is 21.6. The van der Waals surface area contributed by atoms with Crippen LogP contribution < -0.4 is 5.32 Å². The van der Waals surface area contributed by atoms with E-state index in [0.717, 1.165) is 50.3 Å². The normalized spacial score (nSPS) is 23.5. The van der Waals surface area contributed by atoms with Crippen molar-refractivity contribution in [1.29, 1.82) is 0 Å². The maximum Gasteiger partial charge on any atom is 0.416 e. The van der Waals surface area contributed by atoms with Gasteiger partial charge in [0.15, 0.2) is 0 Å². The van der Waals surface area contributed by atoms with Crippen molar-refractivity contribution in [1.82, 2.24) is 24.9 Å². The summed E-state index contributed by atoms with van der Waals surface area (Å²) in [5, 5.41) is 7.78. The molecule has 1 unspecified atom stereocenters. The largest absolute Gasteiger partial charge is 0.416 e. The first-order chi connectivity index (χ1) is 18.1. The van der Waals surface area contributed by atoms with Gasteiger partial charge in [-0.1, -0.05) is 18.2 Å². The second kappa shape index (κ2) is 9.31. The van der Waals surface area contributed by atoms with E-state index in [0.29, 0.717) is 38.0 Å². The first kappa shape index (κ1) is 25.2. The number of hydrogen-bond acceptors (Lipinski definition) is 3. The van der Waals surface area contributed by atoms with E-state index in [1.54, 1.807) is 17.2 Å². The van der Waals surface area contributed by atoms with E-state index in [1.807, 2.05) is 9.58 Å². The van der Waals surface area contributed by atoms with E-state index in [-0.39, 0.29) is 35.0 Å². The fraction of sp³-hybridized carbons (Fsp3) is 0.607. The van der Waals surface area contributed by atoms with Crippen molar-refractivity contribution < 1.29 is 22.8 Å². The van der Waals surface area contributed by atoms with Crippen LogP contribution in [-0.2, 0) is 6.18 Å². The lowest BCUT2D eigenvalue weighted by molar-refractivity contribution is -0.138. The molecule has 2 saturated carbocycles. The van der Waals surface area contributed by atoms with Gasteiger partial charge in [-0.3, -0.25) is 9.48 Å². The van der Waals surface area contributed by atoms with Crippen molar-refractivity contribution >= 4 is 11.9 Å². The van der Waals surface area contributed by atoms with Gasteiger partial charge < -0.3 is 15.1 Å². The second-order valence-electron chi connectivity index (χ2n) is 11.6. The van der Waals surface area contributed by atoms with E-state index in [1.165, 1.54) is 12.1 Å². The van der Waals surface area contributed by atoms with Crippen LogP contribution in [0.1, 0.15) is 103 Å². The molecular formula is C28H34F3N5O2. The van der Waals surface area contributed by atoms with Crippen molar-refractivity contribution in [2.24, 2.45) is 0 Å². The van der Waals surface area contributed by atoms with Crippen LogP contribution in [0.3, 0.4) is 0 Å². The number of hydrogen-bond donors (Lipinski definition) is 1. The number of carbonyl (C=O) groups excluding carboxylic acids is 2.